The van der Waals surface area contributed by atoms with Crippen molar-refractivity contribution in [3.63, 3.8) is 0 Å². The zero-order valence-corrected chi connectivity index (χ0v) is 16.6. The second-order valence-electron chi connectivity index (χ2n) is 7.48. The van der Waals surface area contributed by atoms with Crippen LogP contribution in [0.15, 0.2) is 36.5 Å². The molecule has 0 N–H and O–H groups in total. The van der Waals surface area contributed by atoms with Crippen LogP contribution in [-0.2, 0) is 24.3 Å². The van der Waals surface area contributed by atoms with Crippen LogP contribution in [0.5, 0.6) is 5.75 Å². The van der Waals surface area contributed by atoms with E-state index in [9.17, 15) is 4.79 Å². The summed E-state index contributed by atoms with van der Waals surface area (Å²) in [5.41, 5.74) is 2.28. The highest BCUT2D eigenvalue weighted by Gasteiger charge is 2.25. The van der Waals surface area contributed by atoms with Gasteiger partial charge in [-0.2, -0.15) is 5.10 Å². The minimum absolute atomic E-state index is 0.210. The van der Waals surface area contributed by atoms with Crippen molar-refractivity contribution in [1.82, 2.24) is 19.6 Å². The minimum atomic E-state index is 0.210. The first-order valence-electron chi connectivity index (χ1n) is 9.70. The Bertz CT molecular complexity index is 739. The molecule has 0 unspecified atom stereocenters. The molecule has 1 aromatic carbocycles. The van der Waals surface area contributed by atoms with Gasteiger partial charge in [0.1, 0.15) is 5.75 Å². The minimum Gasteiger partial charge on any atom is -0.494 e. The molecule has 27 heavy (non-hydrogen) atoms. The quantitative estimate of drug-likeness (QED) is 0.751. The zero-order chi connectivity index (χ0) is 19.2. The summed E-state index contributed by atoms with van der Waals surface area (Å²) in [5.74, 6) is 1.47. The van der Waals surface area contributed by atoms with Crippen LogP contribution in [-0.4, -0.2) is 59.3 Å². The Kier molecular flexibility index (Phi) is 6.50. The molecule has 1 amide bonds. The molecule has 3 rings (SSSR count). The standard InChI is InChI=1S/C21H30N4O2/c1-4-27-20-8-5-17(6-9-20)7-10-21(26)24-14-18(13-23(2)3)15-25-19(16-24)11-12-22-25/h5-6,8-9,11-12,18H,4,7,10,13-16H2,1-3H3/t18-/m0/s1. The number of hydrogen-bond donors (Lipinski definition) is 0. The fourth-order valence-electron chi connectivity index (χ4n) is 3.68. The third-order valence-corrected chi connectivity index (χ3v) is 4.91. The van der Waals surface area contributed by atoms with Crippen molar-refractivity contribution in [3.05, 3.63) is 47.8 Å². The third-order valence-electron chi connectivity index (χ3n) is 4.91. The maximum absolute atomic E-state index is 12.9. The van der Waals surface area contributed by atoms with E-state index in [2.05, 4.69) is 24.1 Å². The summed E-state index contributed by atoms with van der Waals surface area (Å²) in [7, 11) is 4.15. The van der Waals surface area contributed by atoms with E-state index in [1.165, 1.54) is 0 Å². The molecule has 1 atom stereocenters. The molecule has 1 aliphatic rings. The molecule has 0 fully saturated rings. The molecule has 1 aliphatic heterocycles. The smallest absolute Gasteiger partial charge is 0.223 e. The molecule has 1 aromatic heterocycles. The highest BCUT2D eigenvalue weighted by atomic mass is 16.5. The van der Waals surface area contributed by atoms with E-state index in [-0.39, 0.29) is 5.91 Å². The van der Waals surface area contributed by atoms with Crippen molar-refractivity contribution in [2.75, 3.05) is 33.8 Å². The van der Waals surface area contributed by atoms with Gasteiger partial charge in [0.15, 0.2) is 0 Å². The molecule has 0 saturated carbocycles. The van der Waals surface area contributed by atoms with Crippen LogP contribution in [0.3, 0.4) is 0 Å². The summed E-state index contributed by atoms with van der Waals surface area (Å²) in [4.78, 5) is 17.1. The number of rotatable bonds is 7. The first-order valence-corrected chi connectivity index (χ1v) is 9.70. The fraction of sp³-hybridized carbons (Fsp3) is 0.524. The van der Waals surface area contributed by atoms with E-state index in [0.717, 1.165) is 43.1 Å². The molecule has 6 heteroatoms. The maximum Gasteiger partial charge on any atom is 0.223 e. The van der Waals surface area contributed by atoms with E-state index in [1.54, 1.807) is 0 Å². The molecule has 0 spiro atoms. The lowest BCUT2D eigenvalue weighted by Gasteiger charge is -2.26. The molecule has 0 saturated heterocycles. The Morgan fingerprint density at radius 2 is 2.00 bits per heavy atom. The van der Waals surface area contributed by atoms with Gasteiger partial charge >= 0.3 is 0 Å². The Morgan fingerprint density at radius 3 is 2.70 bits per heavy atom. The summed E-state index contributed by atoms with van der Waals surface area (Å²) < 4.78 is 7.53. The van der Waals surface area contributed by atoms with Gasteiger partial charge in [0.2, 0.25) is 5.91 Å². The molecule has 2 aromatic rings. The lowest BCUT2D eigenvalue weighted by molar-refractivity contribution is -0.132. The predicted octanol–water partition coefficient (Wildman–Crippen LogP) is 2.43. The average Bonchev–Trinajstić information content (AvgIpc) is 2.99. The van der Waals surface area contributed by atoms with E-state index in [0.29, 0.717) is 25.5 Å². The third kappa shape index (κ3) is 5.32. The van der Waals surface area contributed by atoms with Gasteiger partial charge in [-0.1, -0.05) is 12.1 Å². The van der Waals surface area contributed by atoms with Crippen LogP contribution in [0.4, 0.5) is 0 Å². The first-order chi connectivity index (χ1) is 13.0. The Labute approximate surface area is 161 Å². The van der Waals surface area contributed by atoms with Gasteiger partial charge in [-0.3, -0.25) is 9.48 Å². The van der Waals surface area contributed by atoms with Gasteiger partial charge < -0.3 is 14.5 Å². The number of carbonyl (C=O) groups is 1. The highest BCUT2D eigenvalue weighted by Crippen LogP contribution is 2.19. The number of amides is 1. The van der Waals surface area contributed by atoms with Crippen LogP contribution in [0.25, 0.3) is 0 Å². The van der Waals surface area contributed by atoms with Gasteiger partial charge in [0, 0.05) is 38.2 Å². The lowest BCUT2D eigenvalue weighted by atomic mass is 10.1. The topological polar surface area (TPSA) is 50.6 Å². The molecular weight excluding hydrogens is 340 g/mol. The largest absolute Gasteiger partial charge is 0.494 e. The first kappa shape index (κ1) is 19.4. The van der Waals surface area contributed by atoms with Crippen molar-refractivity contribution in [1.29, 1.82) is 0 Å². The molecular formula is C21H30N4O2. The SMILES string of the molecule is CCOc1ccc(CCC(=O)N2Cc3ccnn3C[C@@H](CN(C)C)C2)cc1. The zero-order valence-electron chi connectivity index (χ0n) is 16.6. The molecule has 6 nitrogen and oxygen atoms in total. The fourth-order valence-corrected chi connectivity index (χ4v) is 3.68. The predicted molar refractivity (Wildman–Crippen MR) is 106 cm³/mol. The van der Waals surface area contributed by atoms with Crippen LogP contribution < -0.4 is 4.74 Å². The highest BCUT2D eigenvalue weighted by molar-refractivity contribution is 5.76. The van der Waals surface area contributed by atoms with Crippen molar-refractivity contribution in [2.24, 2.45) is 5.92 Å². The molecule has 0 radical (unpaired) electrons. The van der Waals surface area contributed by atoms with E-state index < -0.39 is 0 Å². The van der Waals surface area contributed by atoms with Gasteiger partial charge in [0.05, 0.1) is 18.8 Å². The summed E-state index contributed by atoms with van der Waals surface area (Å²) in [6.45, 7) is 5.88. The van der Waals surface area contributed by atoms with Gasteiger partial charge in [0.25, 0.3) is 0 Å². The molecule has 0 aliphatic carbocycles. The number of carbonyl (C=O) groups excluding carboxylic acids is 1. The second-order valence-corrected chi connectivity index (χ2v) is 7.48. The number of hydrogen-bond acceptors (Lipinski definition) is 4. The van der Waals surface area contributed by atoms with Gasteiger partial charge in [-0.15, -0.1) is 0 Å². The lowest BCUT2D eigenvalue weighted by Crippen LogP contribution is -2.37. The number of ether oxygens (including phenoxy) is 1. The summed E-state index contributed by atoms with van der Waals surface area (Å²) in [6.07, 6.45) is 3.10. The Hall–Kier alpha value is -2.34. The second kappa shape index (κ2) is 9.04. The van der Waals surface area contributed by atoms with Crippen LogP contribution in [0.2, 0.25) is 0 Å². The Balaban J connectivity index is 1.62. The van der Waals surface area contributed by atoms with Crippen molar-refractivity contribution < 1.29 is 9.53 Å². The summed E-state index contributed by atoms with van der Waals surface area (Å²) in [6, 6.07) is 10.1. The average molecular weight is 370 g/mol. The van der Waals surface area contributed by atoms with Crippen molar-refractivity contribution in [3.8, 4) is 5.75 Å². The van der Waals surface area contributed by atoms with E-state index in [4.69, 9.17) is 4.74 Å². The molecule has 2 heterocycles. The monoisotopic (exact) mass is 370 g/mol. The number of nitrogens with zero attached hydrogens (tertiary/aromatic N) is 4. The normalized spacial score (nSPS) is 16.9. The van der Waals surface area contributed by atoms with Gasteiger partial charge in [-0.25, -0.2) is 0 Å². The van der Waals surface area contributed by atoms with E-state index in [1.807, 2.05) is 53.0 Å². The van der Waals surface area contributed by atoms with E-state index >= 15 is 0 Å². The Morgan fingerprint density at radius 1 is 1.22 bits per heavy atom. The number of aromatic nitrogens is 2. The van der Waals surface area contributed by atoms with Crippen LogP contribution >= 0.6 is 0 Å². The van der Waals surface area contributed by atoms with Crippen molar-refractivity contribution >= 4 is 5.91 Å². The summed E-state index contributed by atoms with van der Waals surface area (Å²) in [5, 5.41) is 4.43. The summed E-state index contributed by atoms with van der Waals surface area (Å²) >= 11 is 0. The number of aryl methyl sites for hydroxylation is 1. The van der Waals surface area contributed by atoms with Crippen LogP contribution in [0, 0.1) is 5.92 Å². The molecule has 146 valence electrons. The van der Waals surface area contributed by atoms with Crippen molar-refractivity contribution in [2.45, 2.75) is 32.9 Å². The van der Waals surface area contributed by atoms with Crippen LogP contribution in [0.1, 0.15) is 24.6 Å². The molecule has 0 bridgehead atoms. The maximum atomic E-state index is 12.9. The van der Waals surface area contributed by atoms with Gasteiger partial charge in [-0.05, 0) is 51.2 Å². The number of fused-ring (bicyclic) bond motifs is 1. The number of benzene rings is 1.